The average molecular weight is 652 g/mol. The zero-order chi connectivity index (χ0) is 35.0. The molecule has 0 aliphatic carbocycles. The van der Waals surface area contributed by atoms with Crippen LogP contribution >= 0.6 is 0 Å². The van der Waals surface area contributed by atoms with Crippen LogP contribution in [0.5, 0.6) is 0 Å². The number of carbonyl (C=O) groups is 3. The maximum atomic E-state index is 13.1. The highest BCUT2D eigenvalue weighted by Crippen LogP contribution is 2.41. The summed E-state index contributed by atoms with van der Waals surface area (Å²) in [6.07, 6.45) is 4.37. The van der Waals surface area contributed by atoms with Gasteiger partial charge in [-0.15, -0.1) is 0 Å². The number of unbranched alkanes of at least 4 members (excludes halogenated alkanes) is 1. The van der Waals surface area contributed by atoms with E-state index >= 15 is 0 Å². The van der Waals surface area contributed by atoms with Crippen molar-refractivity contribution in [3.8, 4) is 0 Å². The molecule has 4 aromatic rings. The lowest BCUT2D eigenvalue weighted by Gasteiger charge is -2.37. The molecule has 0 fully saturated rings. The second-order valence-corrected chi connectivity index (χ2v) is 13.3. The Bertz CT molecular complexity index is 1580. The number of hydrogen-bond donors (Lipinski definition) is 0. The van der Waals surface area contributed by atoms with Crippen LogP contribution in [-0.2, 0) is 24.5 Å². The minimum absolute atomic E-state index is 0.0162. The fourth-order valence-electron chi connectivity index (χ4n) is 5.42. The molecule has 0 N–H and O–H groups in total. The molecule has 252 valence electrons. The van der Waals surface area contributed by atoms with Crippen LogP contribution in [-0.4, -0.2) is 57.5 Å². The molecule has 9 heteroatoms. The highest BCUT2D eigenvalue weighted by Gasteiger charge is 2.39. The number of hydrogen-bond acceptors (Lipinski definition) is 7. The Hall–Kier alpha value is -5.18. The minimum atomic E-state index is -0.808. The van der Waals surface area contributed by atoms with Gasteiger partial charge in [0.2, 0.25) is 0 Å². The maximum Gasteiger partial charge on any atom is 0.419 e. The van der Waals surface area contributed by atoms with Gasteiger partial charge in [-0.25, -0.2) is 24.3 Å². The lowest BCUT2D eigenvalue weighted by Crippen LogP contribution is -2.44. The molecule has 3 aromatic carbocycles. The topological polar surface area (TPSA) is 100.0 Å². The van der Waals surface area contributed by atoms with E-state index in [-0.39, 0.29) is 12.1 Å². The molecule has 48 heavy (non-hydrogen) atoms. The molecule has 1 heterocycles. The number of allylic oxidation sites excluding steroid dienone is 1. The molecule has 0 atom stereocenters. The normalized spacial score (nSPS) is 12.3. The van der Waals surface area contributed by atoms with E-state index in [2.05, 4.69) is 36.4 Å². The summed E-state index contributed by atoms with van der Waals surface area (Å²) in [4.78, 5) is 44.7. The van der Waals surface area contributed by atoms with Crippen molar-refractivity contribution in [2.45, 2.75) is 71.1 Å². The van der Waals surface area contributed by atoms with E-state index in [1.54, 1.807) is 53.9 Å². The predicted octanol–water partition coefficient (Wildman–Crippen LogP) is 8.23. The fraction of sp³-hybridized carbons (Fsp3) is 0.333. The molecule has 0 saturated carbocycles. The van der Waals surface area contributed by atoms with Gasteiger partial charge in [0.25, 0.3) is 0 Å². The van der Waals surface area contributed by atoms with Crippen LogP contribution in [0.3, 0.4) is 0 Å². The first-order chi connectivity index (χ1) is 22.8. The molecular weight excluding hydrogens is 606 g/mol. The van der Waals surface area contributed by atoms with Gasteiger partial charge in [0, 0.05) is 12.7 Å². The summed E-state index contributed by atoms with van der Waals surface area (Å²) in [6.45, 7) is 10.4. The van der Waals surface area contributed by atoms with Crippen LogP contribution in [0, 0.1) is 0 Å². The molecule has 0 saturated heterocycles. The maximum absolute atomic E-state index is 13.1. The molecule has 0 aliphatic rings. The van der Waals surface area contributed by atoms with Gasteiger partial charge in [0.15, 0.2) is 0 Å². The summed E-state index contributed by atoms with van der Waals surface area (Å²) >= 11 is 0. The van der Waals surface area contributed by atoms with Crippen molar-refractivity contribution < 1.29 is 28.6 Å². The van der Waals surface area contributed by atoms with Crippen molar-refractivity contribution in [3.05, 3.63) is 132 Å². The third kappa shape index (κ3) is 8.59. The lowest BCUT2D eigenvalue weighted by molar-refractivity contribution is -0.133. The van der Waals surface area contributed by atoms with Crippen LogP contribution in [0.25, 0.3) is 5.57 Å². The molecular formula is C39H45N3O6. The van der Waals surface area contributed by atoms with Gasteiger partial charge in [0.1, 0.15) is 16.7 Å². The highest BCUT2D eigenvalue weighted by atomic mass is 16.6. The second-order valence-electron chi connectivity index (χ2n) is 13.3. The number of esters is 1. The molecule has 0 aliphatic heterocycles. The van der Waals surface area contributed by atoms with Gasteiger partial charge in [0.05, 0.1) is 24.7 Å². The number of imidazole rings is 1. The van der Waals surface area contributed by atoms with Crippen LogP contribution in [0.1, 0.15) is 76.8 Å². The smallest absolute Gasteiger partial charge is 0.419 e. The number of nitrogens with zero attached hydrogens (tertiary/aromatic N) is 3. The van der Waals surface area contributed by atoms with Crippen molar-refractivity contribution in [1.82, 2.24) is 14.5 Å². The number of ether oxygens (including phenoxy) is 3. The molecule has 2 amide bonds. The SMILES string of the molecule is COC(=O)/C(=C\CCCN(C(=O)OC(C)(C)C)C(=O)OC(C)(C)C)c1cn(C(c2ccccc2)(c2ccccc2)c2ccccc2)cn1. The summed E-state index contributed by atoms with van der Waals surface area (Å²) in [5.41, 5.74) is 1.31. The van der Waals surface area contributed by atoms with Crippen LogP contribution in [0.15, 0.2) is 110 Å². The average Bonchev–Trinajstić information content (AvgIpc) is 3.52. The van der Waals surface area contributed by atoms with Gasteiger partial charge in [-0.3, -0.25) is 0 Å². The Morgan fingerprint density at radius 1 is 0.729 bits per heavy atom. The molecule has 0 unspecified atom stereocenters. The zero-order valence-corrected chi connectivity index (χ0v) is 28.8. The van der Waals surface area contributed by atoms with E-state index in [1.165, 1.54) is 7.11 Å². The van der Waals surface area contributed by atoms with E-state index in [1.807, 2.05) is 65.4 Å². The van der Waals surface area contributed by atoms with Crippen molar-refractivity contribution in [2.75, 3.05) is 13.7 Å². The Balaban J connectivity index is 1.70. The number of aromatic nitrogens is 2. The van der Waals surface area contributed by atoms with Gasteiger partial charge in [-0.1, -0.05) is 97.1 Å². The van der Waals surface area contributed by atoms with Gasteiger partial charge in [-0.2, -0.15) is 0 Å². The quantitative estimate of drug-likeness (QED) is 0.0560. The largest absolute Gasteiger partial charge is 0.465 e. The first-order valence-corrected chi connectivity index (χ1v) is 16.0. The predicted molar refractivity (Wildman–Crippen MR) is 185 cm³/mol. The standard InChI is InChI=1S/C39H45N3O6/c1-37(2,3)47-35(44)42(36(45)48-38(4,5)6)26-18-17-25-32(34(43)46-7)33-27-41(28-40-33)39(29-19-11-8-12-20-29,30-21-13-9-14-22-30)31-23-15-10-16-24-31/h8-16,19-25,27-28H,17-18,26H2,1-7H3/b32-25-. The summed E-state index contributed by atoms with van der Waals surface area (Å²) in [5.74, 6) is -0.555. The summed E-state index contributed by atoms with van der Waals surface area (Å²) in [7, 11) is 1.32. The third-order valence-electron chi connectivity index (χ3n) is 7.39. The van der Waals surface area contributed by atoms with E-state index in [9.17, 15) is 14.4 Å². The van der Waals surface area contributed by atoms with Crippen LogP contribution in [0.4, 0.5) is 9.59 Å². The van der Waals surface area contributed by atoms with Gasteiger partial charge in [-0.05, 0) is 71.1 Å². The van der Waals surface area contributed by atoms with Crippen molar-refractivity contribution in [2.24, 2.45) is 0 Å². The summed E-state index contributed by atoms with van der Waals surface area (Å²) in [6, 6.07) is 30.5. The number of imide groups is 1. The molecule has 4 rings (SSSR count). The number of amides is 2. The number of rotatable bonds is 10. The zero-order valence-electron chi connectivity index (χ0n) is 28.8. The van der Waals surface area contributed by atoms with E-state index in [0.29, 0.717) is 18.5 Å². The first-order valence-electron chi connectivity index (χ1n) is 16.0. The van der Waals surface area contributed by atoms with Crippen molar-refractivity contribution in [1.29, 1.82) is 0 Å². The Labute approximate surface area is 283 Å². The highest BCUT2D eigenvalue weighted by molar-refractivity contribution is 6.15. The van der Waals surface area contributed by atoms with Crippen LogP contribution in [0.2, 0.25) is 0 Å². The second kappa shape index (κ2) is 15.2. The molecule has 9 nitrogen and oxygen atoms in total. The summed E-state index contributed by atoms with van der Waals surface area (Å²) < 4.78 is 18.1. The fourth-order valence-corrected chi connectivity index (χ4v) is 5.42. The molecule has 1 aromatic heterocycles. The first kappa shape index (κ1) is 35.7. The van der Waals surface area contributed by atoms with E-state index in [0.717, 1.165) is 21.6 Å². The van der Waals surface area contributed by atoms with E-state index < -0.39 is 34.9 Å². The lowest BCUT2D eigenvalue weighted by atomic mass is 9.77. The summed E-state index contributed by atoms with van der Waals surface area (Å²) in [5, 5.41) is 0. The monoisotopic (exact) mass is 651 g/mol. The van der Waals surface area contributed by atoms with E-state index in [4.69, 9.17) is 19.2 Å². The van der Waals surface area contributed by atoms with Crippen molar-refractivity contribution in [3.63, 3.8) is 0 Å². The Kier molecular flexibility index (Phi) is 11.3. The molecule has 0 radical (unpaired) electrons. The van der Waals surface area contributed by atoms with Crippen LogP contribution < -0.4 is 0 Å². The molecule has 0 spiro atoms. The third-order valence-corrected chi connectivity index (χ3v) is 7.39. The number of methoxy groups -OCH3 is 1. The van der Waals surface area contributed by atoms with Gasteiger partial charge >= 0.3 is 18.2 Å². The number of benzene rings is 3. The van der Waals surface area contributed by atoms with Crippen molar-refractivity contribution >= 4 is 23.7 Å². The number of carbonyl (C=O) groups excluding carboxylic acids is 3. The Morgan fingerprint density at radius 2 is 1.17 bits per heavy atom. The minimum Gasteiger partial charge on any atom is -0.465 e. The van der Waals surface area contributed by atoms with Gasteiger partial charge < -0.3 is 18.8 Å². The Morgan fingerprint density at radius 3 is 1.56 bits per heavy atom. The molecule has 0 bridgehead atoms.